The van der Waals surface area contributed by atoms with E-state index < -0.39 is 10.0 Å². The van der Waals surface area contributed by atoms with E-state index in [0.717, 1.165) is 18.5 Å². The van der Waals surface area contributed by atoms with Gasteiger partial charge in [-0.2, -0.15) is 4.31 Å². The van der Waals surface area contributed by atoms with Crippen molar-refractivity contribution in [3.63, 3.8) is 0 Å². The Morgan fingerprint density at radius 2 is 2.05 bits per heavy atom. The minimum atomic E-state index is -3.39. The standard InChI is InChI=1S/C14H25N3O3S/c1-4-20-13-5-7-17(8-6-13)21(18,19)14-9-12(10-15-2)16(3)11-14/h9,11,13,15H,4-8,10H2,1-3H3. The van der Waals surface area contributed by atoms with Crippen LogP contribution in [0.1, 0.15) is 25.5 Å². The summed E-state index contributed by atoms with van der Waals surface area (Å²) in [4.78, 5) is 0.380. The molecule has 120 valence electrons. The van der Waals surface area contributed by atoms with Gasteiger partial charge in [0.05, 0.1) is 6.10 Å². The highest BCUT2D eigenvalue weighted by Gasteiger charge is 2.30. The van der Waals surface area contributed by atoms with Crippen LogP contribution in [0.5, 0.6) is 0 Å². The summed E-state index contributed by atoms with van der Waals surface area (Å²) in [5.41, 5.74) is 0.959. The molecule has 0 aliphatic carbocycles. The van der Waals surface area contributed by atoms with Crippen LogP contribution in [0.25, 0.3) is 0 Å². The number of aryl methyl sites for hydroxylation is 1. The van der Waals surface area contributed by atoms with Crippen LogP contribution in [0, 0.1) is 0 Å². The Balaban J connectivity index is 2.10. The molecular formula is C14H25N3O3S. The molecule has 7 heteroatoms. The Morgan fingerprint density at radius 3 is 2.62 bits per heavy atom. The monoisotopic (exact) mass is 315 g/mol. The molecule has 1 fully saturated rings. The fraction of sp³-hybridized carbons (Fsp3) is 0.714. The highest BCUT2D eigenvalue weighted by molar-refractivity contribution is 7.89. The van der Waals surface area contributed by atoms with E-state index in [1.807, 2.05) is 25.6 Å². The SMILES string of the molecule is CCOC1CCN(S(=O)(=O)c2cc(CNC)n(C)c2)CC1. The van der Waals surface area contributed by atoms with E-state index in [-0.39, 0.29) is 6.10 Å². The van der Waals surface area contributed by atoms with Gasteiger partial charge in [-0.1, -0.05) is 0 Å². The van der Waals surface area contributed by atoms with E-state index in [9.17, 15) is 8.42 Å². The predicted octanol–water partition coefficient (Wildman–Crippen LogP) is 0.934. The average molecular weight is 315 g/mol. The summed E-state index contributed by atoms with van der Waals surface area (Å²) >= 11 is 0. The van der Waals surface area contributed by atoms with Crippen molar-refractivity contribution < 1.29 is 13.2 Å². The van der Waals surface area contributed by atoms with Crippen molar-refractivity contribution in [2.45, 2.75) is 37.3 Å². The van der Waals surface area contributed by atoms with Gasteiger partial charge in [0.2, 0.25) is 10.0 Å². The molecule has 0 spiro atoms. The van der Waals surface area contributed by atoms with Gasteiger partial charge in [0.1, 0.15) is 4.90 Å². The van der Waals surface area contributed by atoms with Crippen LogP contribution in [-0.2, 0) is 28.4 Å². The minimum absolute atomic E-state index is 0.192. The van der Waals surface area contributed by atoms with Crippen LogP contribution in [0.2, 0.25) is 0 Å². The third-order valence-electron chi connectivity index (χ3n) is 3.88. The molecule has 1 aliphatic rings. The average Bonchev–Trinajstić information content (AvgIpc) is 2.82. The fourth-order valence-corrected chi connectivity index (χ4v) is 4.26. The van der Waals surface area contributed by atoms with Crippen LogP contribution >= 0.6 is 0 Å². The molecule has 2 rings (SSSR count). The first-order valence-corrected chi connectivity index (χ1v) is 8.84. The van der Waals surface area contributed by atoms with Gasteiger partial charge in [0, 0.05) is 45.2 Å². The highest BCUT2D eigenvalue weighted by atomic mass is 32.2. The second kappa shape index (κ2) is 6.91. The van der Waals surface area contributed by atoms with Gasteiger partial charge in [0.25, 0.3) is 0 Å². The summed E-state index contributed by atoms with van der Waals surface area (Å²) in [6, 6.07) is 1.75. The molecule has 0 bridgehead atoms. The summed E-state index contributed by atoms with van der Waals surface area (Å²) in [6.07, 6.45) is 3.42. The number of sulfonamides is 1. The Morgan fingerprint density at radius 1 is 1.38 bits per heavy atom. The smallest absolute Gasteiger partial charge is 0.244 e. The van der Waals surface area contributed by atoms with E-state index in [1.54, 1.807) is 16.6 Å². The first kappa shape index (κ1) is 16.5. The van der Waals surface area contributed by atoms with Gasteiger partial charge in [-0.3, -0.25) is 0 Å². The van der Waals surface area contributed by atoms with E-state index >= 15 is 0 Å². The number of hydrogen-bond donors (Lipinski definition) is 1. The van der Waals surface area contributed by atoms with Gasteiger partial charge in [-0.05, 0) is 32.9 Å². The van der Waals surface area contributed by atoms with Crippen molar-refractivity contribution in [1.29, 1.82) is 0 Å². The van der Waals surface area contributed by atoms with Crippen molar-refractivity contribution in [1.82, 2.24) is 14.2 Å². The molecular weight excluding hydrogens is 290 g/mol. The third kappa shape index (κ3) is 3.66. The Bertz CT molecular complexity index is 560. The zero-order valence-corrected chi connectivity index (χ0v) is 13.8. The first-order valence-electron chi connectivity index (χ1n) is 7.40. The van der Waals surface area contributed by atoms with E-state index in [0.29, 0.717) is 31.1 Å². The molecule has 6 nitrogen and oxygen atoms in total. The van der Waals surface area contributed by atoms with Gasteiger partial charge in [-0.25, -0.2) is 8.42 Å². The number of aromatic nitrogens is 1. The van der Waals surface area contributed by atoms with Crippen molar-refractivity contribution in [3.05, 3.63) is 18.0 Å². The Labute approximate surface area is 127 Å². The topological polar surface area (TPSA) is 63.6 Å². The molecule has 21 heavy (non-hydrogen) atoms. The quantitative estimate of drug-likeness (QED) is 0.848. The van der Waals surface area contributed by atoms with E-state index in [4.69, 9.17) is 4.74 Å². The van der Waals surface area contributed by atoms with Crippen LogP contribution in [0.4, 0.5) is 0 Å². The summed E-state index contributed by atoms with van der Waals surface area (Å²) < 4.78 is 34.3. The van der Waals surface area contributed by atoms with Crippen LogP contribution in [-0.4, -0.2) is 50.1 Å². The molecule has 0 aromatic carbocycles. The van der Waals surface area contributed by atoms with Gasteiger partial charge in [0.15, 0.2) is 0 Å². The molecule has 0 atom stereocenters. The molecule has 2 heterocycles. The molecule has 1 aromatic heterocycles. The largest absolute Gasteiger partial charge is 0.378 e. The Kier molecular flexibility index (Phi) is 5.43. The van der Waals surface area contributed by atoms with E-state index in [1.165, 1.54) is 0 Å². The second-order valence-electron chi connectivity index (χ2n) is 5.37. The molecule has 0 radical (unpaired) electrons. The normalized spacial score (nSPS) is 18.2. The van der Waals surface area contributed by atoms with Crippen molar-refractivity contribution in [2.75, 3.05) is 26.7 Å². The van der Waals surface area contributed by atoms with Crippen molar-refractivity contribution in [3.8, 4) is 0 Å². The summed E-state index contributed by atoms with van der Waals surface area (Å²) in [7, 11) is 0.324. The minimum Gasteiger partial charge on any atom is -0.378 e. The van der Waals surface area contributed by atoms with Gasteiger partial charge >= 0.3 is 0 Å². The lowest BCUT2D eigenvalue weighted by Gasteiger charge is -2.30. The maximum absolute atomic E-state index is 12.7. The van der Waals surface area contributed by atoms with Crippen molar-refractivity contribution >= 4 is 10.0 Å². The first-order chi connectivity index (χ1) is 9.98. The summed E-state index contributed by atoms with van der Waals surface area (Å²) in [5, 5.41) is 3.04. The molecule has 1 N–H and O–H groups in total. The molecule has 0 saturated carbocycles. The van der Waals surface area contributed by atoms with Crippen LogP contribution in [0.15, 0.2) is 17.2 Å². The van der Waals surface area contributed by atoms with Gasteiger partial charge < -0.3 is 14.6 Å². The summed E-state index contributed by atoms with van der Waals surface area (Å²) in [6.45, 7) is 4.37. The second-order valence-corrected chi connectivity index (χ2v) is 7.31. The molecule has 0 amide bonds. The molecule has 0 unspecified atom stereocenters. The zero-order valence-electron chi connectivity index (χ0n) is 13.0. The lowest BCUT2D eigenvalue weighted by molar-refractivity contribution is 0.0290. The van der Waals surface area contributed by atoms with Crippen LogP contribution in [0.3, 0.4) is 0 Å². The predicted molar refractivity (Wildman–Crippen MR) is 81.6 cm³/mol. The third-order valence-corrected chi connectivity index (χ3v) is 5.75. The highest BCUT2D eigenvalue weighted by Crippen LogP contribution is 2.23. The number of nitrogens with zero attached hydrogens (tertiary/aromatic N) is 2. The zero-order chi connectivity index (χ0) is 15.5. The van der Waals surface area contributed by atoms with E-state index in [2.05, 4.69) is 5.32 Å². The number of hydrogen-bond acceptors (Lipinski definition) is 4. The maximum atomic E-state index is 12.7. The lowest BCUT2D eigenvalue weighted by atomic mass is 10.1. The maximum Gasteiger partial charge on any atom is 0.244 e. The lowest BCUT2D eigenvalue weighted by Crippen LogP contribution is -2.40. The van der Waals surface area contributed by atoms with Gasteiger partial charge in [-0.15, -0.1) is 0 Å². The van der Waals surface area contributed by atoms with Crippen LogP contribution < -0.4 is 5.32 Å². The molecule has 1 aromatic rings. The number of nitrogens with one attached hydrogen (secondary N) is 1. The number of rotatable bonds is 6. The molecule has 1 saturated heterocycles. The number of piperidine rings is 1. The fourth-order valence-electron chi connectivity index (χ4n) is 2.70. The molecule has 1 aliphatic heterocycles. The van der Waals surface area contributed by atoms with Crippen molar-refractivity contribution in [2.24, 2.45) is 7.05 Å². The Hall–Kier alpha value is -0.890. The summed E-state index contributed by atoms with van der Waals surface area (Å²) in [5.74, 6) is 0. The number of ether oxygens (including phenoxy) is 1.